The number of nitrogens with zero attached hydrogens (tertiary/aromatic N) is 2. The SMILES string of the molecule is CCOC(=O)c1c(-c2cccc(N3CCCC3)c2)c(C)n2c1-c1cc(OC)c(OC)cc1CC2. The smallest absolute Gasteiger partial charge is 0.340 e. The number of carbonyl (C=O) groups excluding carboxylic acids is 1. The van der Waals surface area contributed by atoms with E-state index in [0.717, 1.165) is 59.7 Å². The maximum atomic E-state index is 13.5. The predicted molar refractivity (Wildman–Crippen MR) is 134 cm³/mol. The van der Waals surface area contributed by atoms with E-state index in [1.807, 2.05) is 19.1 Å². The first-order valence-corrected chi connectivity index (χ1v) is 12.1. The molecule has 3 aromatic rings. The monoisotopic (exact) mass is 460 g/mol. The molecule has 5 rings (SSSR count). The third-order valence-corrected chi connectivity index (χ3v) is 7.08. The minimum Gasteiger partial charge on any atom is -0.493 e. The number of methoxy groups -OCH3 is 2. The normalized spacial score (nSPS) is 14.5. The number of fused-ring (bicyclic) bond motifs is 3. The van der Waals surface area contributed by atoms with Crippen LogP contribution in [0.1, 0.15) is 41.4 Å². The molecule has 0 bridgehead atoms. The van der Waals surface area contributed by atoms with Crippen molar-refractivity contribution in [2.24, 2.45) is 0 Å². The number of esters is 1. The molecule has 0 unspecified atom stereocenters. The molecule has 2 aliphatic rings. The van der Waals surface area contributed by atoms with Crippen molar-refractivity contribution in [1.82, 2.24) is 4.57 Å². The Morgan fingerprint density at radius 1 is 1.00 bits per heavy atom. The van der Waals surface area contributed by atoms with Crippen LogP contribution < -0.4 is 14.4 Å². The van der Waals surface area contributed by atoms with Gasteiger partial charge < -0.3 is 23.7 Å². The largest absolute Gasteiger partial charge is 0.493 e. The van der Waals surface area contributed by atoms with E-state index in [0.29, 0.717) is 23.7 Å². The van der Waals surface area contributed by atoms with E-state index in [-0.39, 0.29) is 5.97 Å². The molecule has 3 heterocycles. The molecule has 1 aromatic heterocycles. The van der Waals surface area contributed by atoms with Gasteiger partial charge in [0, 0.05) is 42.1 Å². The molecule has 0 aliphatic carbocycles. The molecule has 0 atom stereocenters. The second-order valence-corrected chi connectivity index (χ2v) is 8.91. The molecule has 0 spiro atoms. The van der Waals surface area contributed by atoms with E-state index >= 15 is 0 Å². The van der Waals surface area contributed by atoms with Gasteiger partial charge in [0.2, 0.25) is 0 Å². The van der Waals surface area contributed by atoms with Crippen LogP contribution in [0.3, 0.4) is 0 Å². The molecule has 1 fully saturated rings. The van der Waals surface area contributed by atoms with Crippen LogP contribution in [-0.4, -0.2) is 44.5 Å². The molecule has 2 aromatic carbocycles. The third-order valence-electron chi connectivity index (χ3n) is 7.08. The minimum atomic E-state index is -0.288. The van der Waals surface area contributed by atoms with E-state index in [4.69, 9.17) is 14.2 Å². The van der Waals surface area contributed by atoms with Gasteiger partial charge in [-0.3, -0.25) is 0 Å². The molecule has 0 amide bonds. The summed E-state index contributed by atoms with van der Waals surface area (Å²) in [5.74, 6) is 1.07. The summed E-state index contributed by atoms with van der Waals surface area (Å²) >= 11 is 0. The summed E-state index contributed by atoms with van der Waals surface area (Å²) < 4.78 is 19.0. The summed E-state index contributed by atoms with van der Waals surface area (Å²) in [6.45, 7) is 7.23. The Morgan fingerprint density at radius 3 is 2.44 bits per heavy atom. The molecule has 6 nitrogen and oxygen atoms in total. The van der Waals surface area contributed by atoms with Crippen molar-refractivity contribution in [2.75, 3.05) is 38.8 Å². The zero-order valence-corrected chi connectivity index (χ0v) is 20.4. The summed E-state index contributed by atoms with van der Waals surface area (Å²) in [5, 5.41) is 0. The summed E-state index contributed by atoms with van der Waals surface area (Å²) in [7, 11) is 3.29. The van der Waals surface area contributed by atoms with E-state index in [1.165, 1.54) is 18.5 Å². The van der Waals surface area contributed by atoms with Gasteiger partial charge in [-0.2, -0.15) is 0 Å². The average Bonchev–Trinajstić information content (AvgIpc) is 3.50. The fourth-order valence-corrected chi connectivity index (χ4v) is 5.47. The lowest BCUT2D eigenvalue weighted by atomic mass is 9.93. The van der Waals surface area contributed by atoms with Crippen LogP contribution in [0.25, 0.3) is 22.4 Å². The Hall–Kier alpha value is -3.41. The van der Waals surface area contributed by atoms with Gasteiger partial charge >= 0.3 is 5.97 Å². The number of rotatable bonds is 6. The quantitative estimate of drug-likeness (QED) is 0.456. The molecular formula is C28H32N2O4. The van der Waals surface area contributed by atoms with Crippen LogP contribution in [0, 0.1) is 6.92 Å². The van der Waals surface area contributed by atoms with Gasteiger partial charge in [0.15, 0.2) is 11.5 Å². The minimum absolute atomic E-state index is 0.288. The fraction of sp³-hybridized carbons (Fsp3) is 0.393. The summed E-state index contributed by atoms with van der Waals surface area (Å²) in [5.41, 5.74) is 7.97. The Bertz CT molecular complexity index is 1240. The van der Waals surface area contributed by atoms with Gasteiger partial charge in [-0.05, 0) is 68.5 Å². The average molecular weight is 461 g/mol. The van der Waals surface area contributed by atoms with Crippen LogP contribution in [0.15, 0.2) is 36.4 Å². The number of benzene rings is 2. The Kier molecular flexibility index (Phi) is 5.98. The number of aromatic nitrogens is 1. The number of anilines is 1. The topological polar surface area (TPSA) is 52.9 Å². The predicted octanol–water partition coefficient (Wildman–Crippen LogP) is 5.48. The molecule has 178 valence electrons. The van der Waals surface area contributed by atoms with Crippen molar-refractivity contribution in [3.05, 3.63) is 53.2 Å². The lowest BCUT2D eigenvalue weighted by Gasteiger charge is -2.23. The van der Waals surface area contributed by atoms with Crippen molar-refractivity contribution in [3.8, 4) is 33.9 Å². The van der Waals surface area contributed by atoms with E-state index in [9.17, 15) is 4.79 Å². The Balaban J connectivity index is 1.74. The van der Waals surface area contributed by atoms with Crippen LogP contribution in [0.2, 0.25) is 0 Å². The van der Waals surface area contributed by atoms with E-state index in [1.54, 1.807) is 14.2 Å². The molecule has 34 heavy (non-hydrogen) atoms. The molecule has 6 heteroatoms. The highest BCUT2D eigenvalue weighted by atomic mass is 16.5. The Morgan fingerprint density at radius 2 is 1.74 bits per heavy atom. The highest BCUT2D eigenvalue weighted by Gasteiger charge is 2.32. The van der Waals surface area contributed by atoms with E-state index in [2.05, 4.69) is 40.7 Å². The van der Waals surface area contributed by atoms with Crippen LogP contribution >= 0.6 is 0 Å². The van der Waals surface area contributed by atoms with Crippen molar-refractivity contribution in [1.29, 1.82) is 0 Å². The molecule has 0 saturated carbocycles. The fourth-order valence-electron chi connectivity index (χ4n) is 5.47. The highest BCUT2D eigenvalue weighted by Crippen LogP contribution is 2.45. The van der Waals surface area contributed by atoms with Gasteiger partial charge in [-0.15, -0.1) is 0 Å². The zero-order chi connectivity index (χ0) is 23.8. The first-order chi connectivity index (χ1) is 16.6. The van der Waals surface area contributed by atoms with Crippen LogP contribution in [0.5, 0.6) is 11.5 Å². The van der Waals surface area contributed by atoms with Crippen molar-refractivity contribution in [2.45, 2.75) is 39.7 Å². The van der Waals surface area contributed by atoms with E-state index < -0.39 is 0 Å². The maximum Gasteiger partial charge on any atom is 0.340 e. The molecule has 0 radical (unpaired) electrons. The molecular weight excluding hydrogens is 428 g/mol. The molecule has 0 N–H and O–H groups in total. The summed E-state index contributed by atoms with van der Waals surface area (Å²) in [6.07, 6.45) is 3.30. The molecule has 1 saturated heterocycles. The van der Waals surface area contributed by atoms with Crippen LogP contribution in [-0.2, 0) is 17.7 Å². The molecule has 2 aliphatic heterocycles. The lowest BCUT2D eigenvalue weighted by molar-refractivity contribution is 0.0528. The lowest BCUT2D eigenvalue weighted by Crippen LogP contribution is -2.17. The first kappa shape index (κ1) is 22.4. The van der Waals surface area contributed by atoms with Gasteiger partial charge in [-0.25, -0.2) is 4.79 Å². The van der Waals surface area contributed by atoms with Crippen molar-refractivity contribution >= 4 is 11.7 Å². The van der Waals surface area contributed by atoms with Gasteiger partial charge in [0.05, 0.1) is 32.1 Å². The maximum absolute atomic E-state index is 13.5. The second kappa shape index (κ2) is 9.09. The van der Waals surface area contributed by atoms with Crippen molar-refractivity contribution < 1.29 is 19.0 Å². The number of hydrogen-bond acceptors (Lipinski definition) is 5. The van der Waals surface area contributed by atoms with Gasteiger partial charge in [0.1, 0.15) is 0 Å². The highest BCUT2D eigenvalue weighted by molar-refractivity contribution is 6.05. The number of ether oxygens (including phenoxy) is 3. The van der Waals surface area contributed by atoms with Gasteiger partial charge in [-0.1, -0.05) is 12.1 Å². The third kappa shape index (κ3) is 3.61. The van der Waals surface area contributed by atoms with Crippen molar-refractivity contribution in [3.63, 3.8) is 0 Å². The summed E-state index contributed by atoms with van der Waals surface area (Å²) in [4.78, 5) is 15.9. The first-order valence-electron chi connectivity index (χ1n) is 12.1. The standard InChI is InChI=1S/C28H32N2O4/c1-5-34-28(31)26-25(20-9-8-10-21(15-20)29-12-6-7-13-29)18(2)30-14-11-19-16-23(32-3)24(33-4)17-22(19)27(26)30/h8-10,15-17H,5-7,11-14H2,1-4H3. The number of aryl methyl sites for hydroxylation is 1. The zero-order valence-electron chi connectivity index (χ0n) is 20.4. The van der Waals surface area contributed by atoms with Crippen LogP contribution in [0.4, 0.5) is 5.69 Å². The van der Waals surface area contributed by atoms with Gasteiger partial charge in [0.25, 0.3) is 0 Å². The number of hydrogen-bond donors (Lipinski definition) is 0. The Labute approximate surface area is 201 Å². The second-order valence-electron chi connectivity index (χ2n) is 8.91. The number of carbonyl (C=O) groups is 1. The summed E-state index contributed by atoms with van der Waals surface area (Å²) in [6, 6.07) is 12.6.